The summed E-state index contributed by atoms with van der Waals surface area (Å²) in [5.74, 6) is 1.05. The van der Waals surface area contributed by atoms with Crippen LogP contribution in [0.3, 0.4) is 0 Å². The van der Waals surface area contributed by atoms with Crippen LogP contribution in [0.5, 0.6) is 5.75 Å². The van der Waals surface area contributed by atoms with Gasteiger partial charge in [-0.3, -0.25) is 4.79 Å². The number of ether oxygens (including phenoxy) is 1. The molecule has 11 heteroatoms. The summed E-state index contributed by atoms with van der Waals surface area (Å²) in [6.07, 6.45) is -1.39. The number of alkyl halides is 3. The van der Waals surface area contributed by atoms with Crippen LogP contribution < -0.4 is 20.3 Å². The molecule has 1 aliphatic carbocycles. The second kappa shape index (κ2) is 11.5. The fourth-order valence-electron chi connectivity index (χ4n) is 4.55. The molecule has 0 atom stereocenters. The lowest BCUT2D eigenvalue weighted by Crippen LogP contribution is -2.35. The predicted molar refractivity (Wildman–Crippen MR) is 141 cm³/mol. The Labute approximate surface area is 221 Å². The zero-order chi connectivity index (χ0) is 26.6. The van der Waals surface area contributed by atoms with Crippen molar-refractivity contribution in [3.05, 3.63) is 52.5 Å². The molecule has 2 aromatic carbocycles. The van der Waals surface area contributed by atoms with Crippen LogP contribution in [0.2, 0.25) is 0 Å². The van der Waals surface area contributed by atoms with Crippen molar-refractivity contribution >= 4 is 44.5 Å². The summed E-state index contributed by atoms with van der Waals surface area (Å²) < 4.78 is 42.7. The maximum Gasteiger partial charge on any atom is 0.573 e. The van der Waals surface area contributed by atoms with Gasteiger partial charge in [0.1, 0.15) is 11.6 Å². The van der Waals surface area contributed by atoms with Gasteiger partial charge in [-0.15, -0.1) is 13.2 Å². The van der Waals surface area contributed by atoms with Crippen LogP contribution in [0.1, 0.15) is 31.2 Å². The van der Waals surface area contributed by atoms with Crippen molar-refractivity contribution in [1.29, 1.82) is 0 Å². The number of hydrogen-bond donors (Lipinski definition) is 2. The highest BCUT2D eigenvalue weighted by atomic mass is 79.9. The third-order valence-electron chi connectivity index (χ3n) is 6.38. The first-order valence-electron chi connectivity index (χ1n) is 12.1. The van der Waals surface area contributed by atoms with E-state index in [1.165, 1.54) is 12.1 Å². The highest BCUT2D eigenvalue weighted by Crippen LogP contribution is 2.31. The van der Waals surface area contributed by atoms with E-state index in [4.69, 9.17) is 4.98 Å². The molecule has 0 unspecified atom stereocenters. The number of carbonyl (C=O) groups excluding carboxylic acids is 1. The van der Waals surface area contributed by atoms with Crippen LogP contribution >= 0.6 is 15.9 Å². The highest BCUT2D eigenvalue weighted by Gasteiger charge is 2.32. The average molecular weight is 580 g/mol. The number of hydrogen-bond acceptors (Lipinski definition) is 6. The largest absolute Gasteiger partial charge is 0.573 e. The Kier molecular flexibility index (Phi) is 8.41. The number of fused-ring (bicyclic) bond motifs is 1. The molecule has 2 N–H and O–H groups in total. The molecule has 7 nitrogen and oxygen atoms in total. The van der Waals surface area contributed by atoms with Gasteiger partial charge in [-0.25, -0.2) is 4.98 Å². The summed E-state index contributed by atoms with van der Waals surface area (Å²) in [5, 5.41) is 7.34. The smallest absolute Gasteiger partial charge is 0.405 e. The third kappa shape index (κ3) is 7.47. The lowest BCUT2D eigenvalue weighted by atomic mass is 9.86. The molecule has 1 saturated carbocycles. The minimum absolute atomic E-state index is 0.179. The lowest BCUT2D eigenvalue weighted by molar-refractivity contribution is -0.274. The lowest BCUT2D eigenvalue weighted by Gasteiger charge is -2.29. The van der Waals surface area contributed by atoms with E-state index in [1.807, 2.05) is 43.3 Å². The molecule has 1 fully saturated rings. The van der Waals surface area contributed by atoms with E-state index < -0.39 is 6.36 Å². The van der Waals surface area contributed by atoms with Gasteiger partial charge in [-0.1, -0.05) is 34.1 Å². The molecule has 0 saturated heterocycles. The topological polar surface area (TPSA) is 79.4 Å². The van der Waals surface area contributed by atoms with Crippen LogP contribution in [0.15, 0.2) is 46.9 Å². The molecule has 0 spiro atoms. The van der Waals surface area contributed by atoms with E-state index in [0.717, 1.165) is 42.4 Å². The molecule has 1 aromatic heterocycles. The summed E-state index contributed by atoms with van der Waals surface area (Å²) >= 11 is 3.14. The Morgan fingerprint density at radius 2 is 1.84 bits per heavy atom. The minimum Gasteiger partial charge on any atom is -0.405 e. The average Bonchev–Trinajstić information content (AvgIpc) is 2.84. The van der Waals surface area contributed by atoms with Crippen LogP contribution in [-0.4, -0.2) is 48.9 Å². The second-order valence-electron chi connectivity index (χ2n) is 9.43. The number of anilines is 2. The predicted octanol–water partition coefficient (Wildman–Crippen LogP) is 5.69. The number of nitrogens with zero attached hydrogens (tertiary/aromatic N) is 3. The number of carbonyl (C=O) groups is 1. The third-order valence-corrected chi connectivity index (χ3v) is 6.87. The van der Waals surface area contributed by atoms with Crippen LogP contribution in [0.25, 0.3) is 10.9 Å². The minimum atomic E-state index is -4.83. The van der Waals surface area contributed by atoms with E-state index >= 15 is 0 Å². The molecule has 198 valence electrons. The Morgan fingerprint density at radius 1 is 1.11 bits per heavy atom. The molecule has 1 aliphatic rings. The van der Waals surface area contributed by atoms with Gasteiger partial charge in [0.15, 0.2) is 0 Å². The molecule has 1 amide bonds. The van der Waals surface area contributed by atoms with E-state index in [-0.39, 0.29) is 29.7 Å². The molecule has 0 aliphatic heterocycles. The van der Waals surface area contributed by atoms with Gasteiger partial charge in [0.25, 0.3) is 0 Å². The van der Waals surface area contributed by atoms with Crippen LogP contribution in [-0.2, 0) is 11.2 Å². The van der Waals surface area contributed by atoms with Crippen molar-refractivity contribution in [3.63, 3.8) is 0 Å². The van der Waals surface area contributed by atoms with E-state index in [9.17, 15) is 18.0 Å². The van der Waals surface area contributed by atoms with Crippen molar-refractivity contribution in [3.8, 4) is 5.75 Å². The Bertz CT molecular complexity index is 1250. The van der Waals surface area contributed by atoms with E-state index in [2.05, 4.69) is 36.3 Å². The fourth-order valence-corrected chi connectivity index (χ4v) is 4.89. The zero-order valence-electron chi connectivity index (χ0n) is 20.6. The van der Waals surface area contributed by atoms with Gasteiger partial charge >= 0.3 is 6.36 Å². The number of amides is 1. The first-order valence-corrected chi connectivity index (χ1v) is 12.9. The van der Waals surface area contributed by atoms with E-state index in [1.54, 1.807) is 6.07 Å². The highest BCUT2D eigenvalue weighted by molar-refractivity contribution is 9.10. The monoisotopic (exact) mass is 579 g/mol. The quantitative estimate of drug-likeness (QED) is 0.357. The summed E-state index contributed by atoms with van der Waals surface area (Å²) in [6, 6.07) is 12.4. The SMILES string of the molecule is CN(C)c1nc(NC2CCC(CNC(=O)Cc3ccc(Br)cc3OC(F)(F)F)CC2)nc2ccccc12. The van der Waals surface area contributed by atoms with Gasteiger partial charge in [-0.05, 0) is 55.9 Å². The summed E-state index contributed by atoms with van der Waals surface area (Å²) in [5.41, 5.74) is 1.06. The molecular formula is C26H29BrF3N5O2. The van der Waals surface area contributed by atoms with Gasteiger partial charge < -0.3 is 20.3 Å². The Hall–Kier alpha value is -3.08. The van der Waals surface area contributed by atoms with Crippen molar-refractivity contribution in [2.45, 2.75) is 44.5 Å². The van der Waals surface area contributed by atoms with Crippen molar-refractivity contribution in [2.24, 2.45) is 5.92 Å². The zero-order valence-corrected chi connectivity index (χ0v) is 22.2. The number of benzene rings is 2. The summed E-state index contributed by atoms with van der Waals surface area (Å²) in [7, 11) is 3.91. The van der Waals surface area contributed by atoms with Crippen molar-refractivity contribution in [1.82, 2.24) is 15.3 Å². The first-order chi connectivity index (χ1) is 17.6. The van der Waals surface area contributed by atoms with Gasteiger partial charge in [0, 0.05) is 42.1 Å². The number of para-hydroxylation sites is 1. The molecule has 37 heavy (non-hydrogen) atoms. The molecule has 0 radical (unpaired) electrons. The summed E-state index contributed by atoms with van der Waals surface area (Å²) in [6.45, 7) is 0.481. The van der Waals surface area contributed by atoms with Gasteiger partial charge in [-0.2, -0.15) is 4.98 Å². The number of nitrogens with one attached hydrogen (secondary N) is 2. The van der Waals surface area contributed by atoms with Crippen molar-refractivity contribution in [2.75, 3.05) is 30.9 Å². The Morgan fingerprint density at radius 3 is 2.54 bits per heavy atom. The second-order valence-corrected chi connectivity index (χ2v) is 10.3. The van der Waals surface area contributed by atoms with Gasteiger partial charge in [0.05, 0.1) is 11.9 Å². The molecule has 3 aromatic rings. The molecule has 4 rings (SSSR count). The van der Waals surface area contributed by atoms with E-state index in [0.29, 0.717) is 22.9 Å². The molecular weight excluding hydrogens is 551 g/mol. The van der Waals surface area contributed by atoms with Crippen LogP contribution in [0.4, 0.5) is 24.9 Å². The maximum absolute atomic E-state index is 12.7. The number of halogens is 4. The normalized spacial score (nSPS) is 17.9. The number of aromatic nitrogens is 2. The number of rotatable bonds is 8. The summed E-state index contributed by atoms with van der Waals surface area (Å²) in [4.78, 5) is 23.8. The maximum atomic E-state index is 12.7. The Balaban J connectivity index is 1.28. The first kappa shape index (κ1) is 27.0. The van der Waals surface area contributed by atoms with Crippen LogP contribution in [0, 0.1) is 5.92 Å². The van der Waals surface area contributed by atoms with Crippen molar-refractivity contribution < 1.29 is 22.7 Å². The molecule has 1 heterocycles. The standard InChI is InChI=1S/C26H29BrF3N5O2/c1-35(2)24-20-5-3-4-6-21(20)33-25(34-24)32-19-11-7-16(8-12-19)15-31-23(36)13-17-9-10-18(27)14-22(17)37-26(28,29)30/h3-6,9-10,14,16,19H,7-8,11-13,15H2,1-2H3,(H,31,36)(H,32,33,34). The van der Waals surface area contributed by atoms with Gasteiger partial charge in [0.2, 0.25) is 11.9 Å². The fraction of sp³-hybridized carbons (Fsp3) is 0.423. The molecule has 0 bridgehead atoms.